The van der Waals surface area contributed by atoms with Crippen LogP contribution in [-0.2, 0) is 29.7 Å². The normalized spacial score (nSPS) is 22.7. The van der Waals surface area contributed by atoms with Gasteiger partial charge in [-0.2, -0.15) is 9.19 Å². The minimum absolute atomic E-state index is 0.00495. The molecule has 0 saturated carbocycles. The van der Waals surface area contributed by atoms with Crippen molar-refractivity contribution in [2.75, 3.05) is 12.8 Å². The van der Waals surface area contributed by atoms with Gasteiger partial charge in [0.2, 0.25) is 0 Å². The molecule has 1 saturated heterocycles. The molecule has 2 aliphatic rings. The molecular weight excluding hydrogens is 512 g/mol. The van der Waals surface area contributed by atoms with Gasteiger partial charge < -0.3 is 5.73 Å². The van der Waals surface area contributed by atoms with Crippen molar-refractivity contribution < 1.29 is 17.2 Å². The van der Waals surface area contributed by atoms with Gasteiger partial charge in [-0.25, -0.2) is 17.2 Å². The molecule has 198 valence electrons. The summed E-state index contributed by atoms with van der Waals surface area (Å²) in [5.74, 6) is -1.02. The lowest BCUT2D eigenvalue weighted by molar-refractivity contribution is 0.0364. The largest absolute Gasteiger partial charge is 0.326 e. The zero-order chi connectivity index (χ0) is 26.6. The van der Waals surface area contributed by atoms with Gasteiger partial charge >= 0.3 is 0 Å². The van der Waals surface area contributed by atoms with Crippen molar-refractivity contribution in [3.05, 3.63) is 89.1 Å². The number of pyridine rings is 2. The molecule has 12 heteroatoms. The molecule has 3 aromatic heterocycles. The lowest BCUT2D eigenvalue weighted by Gasteiger charge is -2.46. The summed E-state index contributed by atoms with van der Waals surface area (Å²) >= 11 is 0. The molecule has 0 aliphatic carbocycles. The fourth-order valence-corrected chi connectivity index (χ4v) is 6.31. The summed E-state index contributed by atoms with van der Waals surface area (Å²) in [7, 11) is -3.46. The second-order valence-corrected chi connectivity index (χ2v) is 11.9. The van der Waals surface area contributed by atoms with E-state index in [2.05, 4.69) is 24.9 Å². The number of aromatic nitrogens is 4. The van der Waals surface area contributed by atoms with Gasteiger partial charge in [0.05, 0.1) is 23.5 Å². The second kappa shape index (κ2) is 9.45. The van der Waals surface area contributed by atoms with Crippen LogP contribution < -0.4 is 5.73 Å². The fourth-order valence-electron chi connectivity index (χ4n) is 5.74. The first-order valence-electron chi connectivity index (χ1n) is 12.3. The minimum atomic E-state index is -3.46. The fraction of sp³-hybridized carbons (Fsp3) is 0.346. The summed E-state index contributed by atoms with van der Waals surface area (Å²) < 4.78 is 54.1. The van der Waals surface area contributed by atoms with Crippen LogP contribution in [0.25, 0.3) is 10.9 Å². The molecule has 3 atom stereocenters. The molecule has 0 amide bonds. The average Bonchev–Trinajstić information content (AvgIpc) is 3.46. The highest BCUT2D eigenvalue weighted by Gasteiger charge is 2.41. The van der Waals surface area contributed by atoms with Crippen LogP contribution in [0.3, 0.4) is 0 Å². The van der Waals surface area contributed by atoms with Gasteiger partial charge in [0, 0.05) is 85.1 Å². The van der Waals surface area contributed by atoms with Crippen molar-refractivity contribution in [2.24, 2.45) is 5.73 Å². The van der Waals surface area contributed by atoms with E-state index in [1.165, 1.54) is 6.07 Å². The molecule has 3 unspecified atom stereocenters. The second-order valence-electron chi connectivity index (χ2n) is 10.1. The first-order valence-corrected chi connectivity index (χ1v) is 14.2. The highest BCUT2D eigenvalue weighted by Crippen LogP contribution is 2.37. The Labute approximate surface area is 218 Å². The van der Waals surface area contributed by atoms with E-state index in [-0.39, 0.29) is 11.6 Å². The molecule has 0 spiro atoms. The average molecular weight is 540 g/mol. The molecule has 0 radical (unpaired) electrons. The molecule has 2 aliphatic heterocycles. The number of benzene rings is 1. The Kier molecular flexibility index (Phi) is 6.22. The molecule has 9 nitrogen and oxygen atoms in total. The number of hydrogen-bond acceptors (Lipinski definition) is 8. The van der Waals surface area contributed by atoms with Crippen LogP contribution in [0.5, 0.6) is 0 Å². The van der Waals surface area contributed by atoms with E-state index in [4.69, 9.17) is 5.73 Å². The Balaban J connectivity index is 1.33. The van der Waals surface area contributed by atoms with Crippen LogP contribution in [0.4, 0.5) is 8.78 Å². The summed E-state index contributed by atoms with van der Waals surface area (Å²) in [6, 6.07) is 6.22. The zero-order valence-electron chi connectivity index (χ0n) is 20.7. The number of hydrogen-bond donors (Lipinski definition) is 1. The third-order valence-electron chi connectivity index (χ3n) is 7.46. The van der Waals surface area contributed by atoms with Crippen molar-refractivity contribution in [3.63, 3.8) is 0 Å². The van der Waals surface area contributed by atoms with Crippen LogP contribution in [0.2, 0.25) is 0 Å². The highest BCUT2D eigenvalue weighted by molar-refractivity contribution is 7.89. The molecule has 1 fully saturated rings. The molecule has 0 bridgehead atoms. The Morgan fingerprint density at radius 2 is 2.00 bits per heavy atom. The van der Waals surface area contributed by atoms with Crippen LogP contribution in [0, 0.1) is 11.6 Å². The maximum Gasteiger partial charge on any atom is 0.250 e. The van der Waals surface area contributed by atoms with Crippen molar-refractivity contribution in [2.45, 2.75) is 44.2 Å². The quantitative estimate of drug-likeness (QED) is 0.412. The van der Waals surface area contributed by atoms with Crippen LogP contribution in [0.1, 0.15) is 34.8 Å². The summed E-state index contributed by atoms with van der Waals surface area (Å²) in [5.41, 5.74) is 10.2. The van der Waals surface area contributed by atoms with Gasteiger partial charge in [-0.3, -0.25) is 19.8 Å². The van der Waals surface area contributed by atoms with E-state index in [9.17, 15) is 12.8 Å². The van der Waals surface area contributed by atoms with Gasteiger partial charge in [0.15, 0.2) is 0 Å². The third-order valence-corrected chi connectivity index (χ3v) is 8.33. The SMILES string of the molecule is CS(=O)(=O)n1cc2c(n1)CN(C1CC(N)C(c3cc(F)ccc3F)N(Cc3cncc4cccnc34)C1)C2. The van der Waals surface area contributed by atoms with Gasteiger partial charge in [-0.15, -0.1) is 0 Å². The predicted octanol–water partition coefficient (Wildman–Crippen LogP) is 2.57. The molecule has 38 heavy (non-hydrogen) atoms. The minimum Gasteiger partial charge on any atom is -0.326 e. The number of piperidine rings is 1. The first-order chi connectivity index (χ1) is 18.2. The lowest BCUT2D eigenvalue weighted by atomic mass is 9.87. The molecule has 6 rings (SSSR count). The predicted molar refractivity (Wildman–Crippen MR) is 137 cm³/mol. The molecule has 5 heterocycles. The monoisotopic (exact) mass is 539 g/mol. The number of nitrogens with zero attached hydrogens (tertiary/aromatic N) is 6. The number of fused-ring (bicyclic) bond motifs is 2. The zero-order valence-corrected chi connectivity index (χ0v) is 21.5. The lowest BCUT2D eigenvalue weighted by Crippen LogP contribution is -2.55. The van der Waals surface area contributed by atoms with Crippen molar-refractivity contribution in [1.29, 1.82) is 0 Å². The Bertz CT molecular complexity index is 1600. The van der Waals surface area contributed by atoms with Gasteiger partial charge in [-0.05, 0) is 36.8 Å². The van der Waals surface area contributed by atoms with E-state index in [1.807, 2.05) is 12.1 Å². The van der Waals surface area contributed by atoms with Crippen LogP contribution >= 0.6 is 0 Å². The van der Waals surface area contributed by atoms with Crippen LogP contribution in [-0.4, -0.2) is 62.3 Å². The molecule has 1 aromatic carbocycles. The molecular formula is C26H27F2N7O2S. The van der Waals surface area contributed by atoms with E-state index in [0.717, 1.165) is 50.2 Å². The third kappa shape index (κ3) is 4.57. The number of rotatable bonds is 5. The van der Waals surface area contributed by atoms with Crippen molar-refractivity contribution in [3.8, 4) is 0 Å². The van der Waals surface area contributed by atoms with Gasteiger partial charge in [-0.1, -0.05) is 0 Å². The first kappa shape index (κ1) is 25.0. The Morgan fingerprint density at radius 3 is 2.79 bits per heavy atom. The summed E-state index contributed by atoms with van der Waals surface area (Å²) in [6.07, 6.45) is 8.45. The summed E-state index contributed by atoms with van der Waals surface area (Å²) in [4.78, 5) is 13.2. The smallest absolute Gasteiger partial charge is 0.250 e. The van der Waals surface area contributed by atoms with Crippen molar-refractivity contribution in [1.82, 2.24) is 29.0 Å². The number of halogens is 2. The maximum atomic E-state index is 15.0. The van der Waals surface area contributed by atoms with Crippen LogP contribution in [0.15, 0.2) is 55.1 Å². The van der Waals surface area contributed by atoms with E-state index in [0.29, 0.717) is 32.6 Å². The topological polar surface area (TPSA) is 110 Å². The van der Waals surface area contributed by atoms with Gasteiger partial charge in [0.25, 0.3) is 10.0 Å². The maximum absolute atomic E-state index is 15.0. The molecule has 4 aromatic rings. The van der Waals surface area contributed by atoms with Gasteiger partial charge in [0.1, 0.15) is 11.6 Å². The van der Waals surface area contributed by atoms with E-state index in [1.54, 1.807) is 24.8 Å². The number of likely N-dealkylation sites (tertiary alicyclic amines) is 1. The standard InChI is InChI=1S/C26H27F2N7O2S/c1-38(36,37)35-13-18-12-33(15-24(18)32-35)20-8-23(29)26(21-7-19(27)4-5-22(21)28)34(14-20)11-17-10-30-9-16-3-2-6-31-25(16)17/h2-7,9-10,13,20,23,26H,8,11-12,14-15,29H2,1H3. The Morgan fingerprint density at radius 1 is 1.16 bits per heavy atom. The van der Waals surface area contributed by atoms with E-state index >= 15 is 4.39 Å². The summed E-state index contributed by atoms with van der Waals surface area (Å²) in [5, 5.41) is 5.16. The highest BCUT2D eigenvalue weighted by atomic mass is 32.2. The Hall–Kier alpha value is -3.32. The molecule has 2 N–H and O–H groups in total. The number of nitrogens with two attached hydrogens (primary N) is 1. The van der Waals surface area contributed by atoms with E-state index < -0.39 is 33.7 Å². The van der Waals surface area contributed by atoms with Crippen molar-refractivity contribution >= 4 is 20.9 Å². The summed E-state index contributed by atoms with van der Waals surface area (Å²) in [6.45, 7) is 1.95.